The lowest BCUT2D eigenvalue weighted by Gasteiger charge is -2.41. The zero-order valence-electron chi connectivity index (χ0n) is 27.2. The molecule has 0 aliphatic heterocycles. The van der Waals surface area contributed by atoms with Gasteiger partial charge in [0.1, 0.15) is 14.7 Å². The summed E-state index contributed by atoms with van der Waals surface area (Å²) in [7, 11) is -4.74. The number of halogens is 1. The van der Waals surface area contributed by atoms with E-state index in [1.165, 1.54) is 33.5 Å². The number of para-hydroxylation sites is 1. The first-order chi connectivity index (χ1) is 19.0. The lowest BCUT2D eigenvalue weighted by Crippen LogP contribution is -2.68. The molecule has 0 saturated heterocycles. The minimum atomic E-state index is -1.64. The Bertz CT molecular complexity index is 1510. The van der Waals surface area contributed by atoms with Gasteiger partial charge < -0.3 is 4.98 Å². The van der Waals surface area contributed by atoms with Gasteiger partial charge in [-0.1, -0.05) is 141 Å². The SMILES string of the molecule is CC1=Cc2cccc([Si](C)(C)[Si](C)(C)Cl)c2C1.CC1=Cc2cccc([Si](C)(C)[Si](C)(C)Nc3ccccc3C)c2C1. The summed E-state index contributed by atoms with van der Waals surface area (Å²) in [4.78, 5) is 4.01. The predicted molar refractivity (Wildman–Crippen MR) is 197 cm³/mol. The van der Waals surface area contributed by atoms with Gasteiger partial charge in [-0.05, 0) is 67.5 Å². The fourth-order valence-electron chi connectivity index (χ4n) is 6.10. The summed E-state index contributed by atoms with van der Waals surface area (Å²) < 4.78 is 0. The summed E-state index contributed by atoms with van der Waals surface area (Å²) in [5.74, 6) is 0. The second-order valence-corrected chi connectivity index (χ2v) is 47.2. The van der Waals surface area contributed by atoms with E-state index in [4.69, 9.17) is 11.1 Å². The molecule has 0 atom stereocenters. The van der Waals surface area contributed by atoms with Gasteiger partial charge in [-0.2, -0.15) is 11.1 Å². The highest BCUT2D eigenvalue weighted by Gasteiger charge is 2.45. The van der Waals surface area contributed by atoms with Crippen LogP contribution in [-0.4, -0.2) is 29.8 Å². The zero-order chi connectivity index (χ0) is 30.4. The van der Waals surface area contributed by atoms with Gasteiger partial charge in [0.25, 0.3) is 0 Å². The van der Waals surface area contributed by atoms with E-state index in [-0.39, 0.29) is 0 Å². The lowest BCUT2D eigenvalue weighted by molar-refractivity contribution is 1.21. The largest absolute Gasteiger partial charge is 0.412 e. The fourth-order valence-corrected chi connectivity index (χ4v) is 19.3. The summed E-state index contributed by atoms with van der Waals surface area (Å²) in [5.41, 5.74) is 11.7. The molecule has 5 rings (SSSR count). The number of allylic oxidation sites excluding steroid dienone is 2. The van der Waals surface area contributed by atoms with Crippen molar-refractivity contribution in [1.82, 2.24) is 0 Å². The molecule has 2 aliphatic rings. The van der Waals surface area contributed by atoms with Gasteiger partial charge in [-0.3, -0.25) is 0 Å². The lowest BCUT2D eigenvalue weighted by atomic mass is 10.1. The molecule has 0 aromatic heterocycles. The predicted octanol–water partition coefficient (Wildman–Crippen LogP) is 9.35. The van der Waals surface area contributed by atoms with Crippen LogP contribution in [0, 0.1) is 6.92 Å². The highest BCUT2D eigenvalue weighted by Crippen LogP contribution is 2.31. The minimum Gasteiger partial charge on any atom is -0.412 e. The van der Waals surface area contributed by atoms with Gasteiger partial charge in [0.05, 0.1) is 15.2 Å². The van der Waals surface area contributed by atoms with E-state index in [0.29, 0.717) is 0 Å². The number of hydrogen-bond donors (Lipinski definition) is 1. The van der Waals surface area contributed by atoms with E-state index >= 15 is 0 Å². The zero-order valence-corrected chi connectivity index (χ0v) is 32.0. The Morgan fingerprint density at radius 1 is 0.585 bits per heavy atom. The van der Waals surface area contributed by atoms with Crippen LogP contribution in [0.5, 0.6) is 0 Å². The first-order valence-corrected chi connectivity index (χ1v) is 30.1. The van der Waals surface area contributed by atoms with E-state index in [9.17, 15) is 0 Å². The van der Waals surface area contributed by atoms with Crippen LogP contribution in [0.4, 0.5) is 5.69 Å². The van der Waals surface area contributed by atoms with Gasteiger partial charge in [-0.15, -0.1) is 0 Å². The third-order valence-corrected chi connectivity index (χ3v) is 45.3. The number of aryl methyl sites for hydroxylation is 1. The molecule has 0 bridgehead atoms. The van der Waals surface area contributed by atoms with Crippen molar-refractivity contribution in [2.75, 3.05) is 4.98 Å². The smallest absolute Gasteiger partial charge is 0.146 e. The second kappa shape index (κ2) is 11.6. The second-order valence-electron chi connectivity index (χ2n) is 14.4. The van der Waals surface area contributed by atoms with Crippen LogP contribution in [-0.2, 0) is 12.8 Å². The monoisotopic (exact) mass is 631 g/mol. The molecule has 0 heterocycles. The van der Waals surface area contributed by atoms with Crippen molar-refractivity contribution in [2.24, 2.45) is 0 Å². The van der Waals surface area contributed by atoms with Gasteiger partial charge in [0, 0.05) is 5.69 Å². The third-order valence-electron chi connectivity index (χ3n) is 10.1. The Morgan fingerprint density at radius 2 is 1.05 bits per heavy atom. The van der Waals surface area contributed by atoms with Crippen LogP contribution in [0.25, 0.3) is 12.2 Å². The summed E-state index contributed by atoms with van der Waals surface area (Å²) in [6.07, 6.45) is 6.96. The number of hydrogen-bond acceptors (Lipinski definition) is 1. The summed E-state index contributed by atoms with van der Waals surface area (Å²) in [5, 5.41) is 3.25. The van der Waals surface area contributed by atoms with Crippen LogP contribution >= 0.6 is 11.1 Å². The van der Waals surface area contributed by atoms with Gasteiger partial charge in [-0.25, -0.2) is 0 Å². The molecular weight excluding hydrogens is 582 g/mol. The molecule has 218 valence electrons. The molecule has 0 radical (unpaired) electrons. The van der Waals surface area contributed by atoms with E-state index < -0.39 is 29.8 Å². The molecule has 0 amide bonds. The third kappa shape index (κ3) is 6.40. The van der Waals surface area contributed by atoms with Gasteiger partial charge in [0.15, 0.2) is 0 Å². The van der Waals surface area contributed by atoms with Crippen molar-refractivity contribution in [3.8, 4) is 0 Å². The van der Waals surface area contributed by atoms with Crippen LogP contribution in [0.15, 0.2) is 71.8 Å². The molecule has 0 unspecified atom stereocenters. The minimum absolute atomic E-state index is 1.13. The van der Waals surface area contributed by atoms with E-state index in [0.717, 1.165) is 12.8 Å². The maximum absolute atomic E-state index is 6.78. The maximum Gasteiger partial charge on any atom is 0.146 e. The first kappa shape index (κ1) is 32.0. The van der Waals surface area contributed by atoms with Crippen LogP contribution in [0.2, 0.25) is 52.4 Å². The number of benzene rings is 3. The van der Waals surface area contributed by atoms with E-state index in [1.54, 1.807) is 21.5 Å². The average molecular weight is 633 g/mol. The molecule has 1 N–H and O–H groups in total. The van der Waals surface area contributed by atoms with Crippen LogP contribution in [0.1, 0.15) is 41.7 Å². The van der Waals surface area contributed by atoms with Crippen molar-refractivity contribution < 1.29 is 0 Å². The Kier molecular flexibility index (Phi) is 9.10. The molecule has 2 aliphatic carbocycles. The normalized spacial score (nSPS) is 14.9. The molecule has 0 fully saturated rings. The number of anilines is 1. The van der Waals surface area contributed by atoms with Gasteiger partial charge >= 0.3 is 0 Å². The standard InChI is InChI=1S/C21H29NSi2.C14H21ClSi2/c1-16-14-18-11-9-13-21(19(18)15-16)23(3,4)24(5,6)22-20-12-8-7-10-17(20)2;1-11-9-12-7-6-8-14(13(12)10-11)16(2,3)17(4,5)15/h7-14,22H,15H2,1-6H3;6-9H,10H2,1-5H3. The highest BCUT2D eigenvalue weighted by molar-refractivity contribution is 7.61. The van der Waals surface area contributed by atoms with Crippen LogP contribution in [0.3, 0.4) is 0 Å². The van der Waals surface area contributed by atoms with Crippen molar-refractivity contribution in [3.63, 3.8) is 0 Å². The fraction of sp³-hybridized carbons (Fsp3) is 0.371. The Balaban J connectivity index is 0.000000201. The average Bonchev–Trinajstić information content (AvgIpc) is 3.45. The van der Waals surface area contributed by atoms with E-state index in [1.807, 2.05) is 0 Å². The van der Waals surface area contributed by atoms with Gasteiger partial charge in [0.2, 0.25) is 0 Å². The molecule has 3 aromatic carbocycles. The first-order valence-electron chi connectivity index (χ1n) is 15.1. The molecule has 3 aromatic rings. The highest BCUT2D eigenvalue weighted by atomic mass is 35.6. The Hall–Kier alpha value is -1.90. The molecule has 6 heteroatoms. The number of fused-ring (bicyclic) bond motifs is 2. The molecular formula is C35H50ClNSi4. The van der Waals surface area contributed by atoms with Crippen LogP contribution < -0.4 is 15.4 Å². The summed E-state index contributed by atoms with van der Waals surface area (Å²) in [6, 6.07) is 22.4. The van der Waals surface area contributed by atoms with Crippen molar-refractivity contribution in [2.45, 2.75) is 86.0 Å². The molecule has 0 saturated carbocycles. The van der Waals surface area contributed by atoms with E-state index in [2.05, 4.69) is 151 Å². The maximum atomic E-state index is 6.78. The molecule has 1 nitrogen and oxygen atoms in total. The topological polar surface area (TPSA) is 12.0 Å². The van der Waals surface area contributed by atoms with Crippen molar-refractivity contribution in [3.05, 3.63) is 99.6 Å². The Morgan fingerprint density at radius 3 is 1.51 bits per heavy atom. The van der Waals surface area contributed by atoms with Crippen molar-refractivity contribution >= 4 is 69.1 Å². The number of nitrogens with one attached hydrogen (secondary N) is 1. The summed E-state index contributed by atoms with van der Waals surface area (Å²) >= 11 is 6.78. The quantitative estimate of drug-likeness (QED) is 0.211. The molecule has 0 spiro atoms. The molecule has 41 heavy (non-hydrogen) atoms. The van der Waals surface area contributed by atoms with Crippen molar-refractivity contribution in [1.29, 1.82) is 0 Å². The summed E-state index contributed by atoms with van der Waals surface area (Å²) in [6.45, 7) is 24.7. The number of rotatable bonds is 6. The Labute approximate surface area is 258 Å².